The first-order valence-electron chi connectivity index (χ1n) is 10.6. The van der Waals surface area contributed by atoms with E-state index in [0.717, 1.165) is 67.7 Å². The first-order chi connectivity index (χ1) is 14.5. The number of nitrogens with one attached hydrogen (secondary N) is 1. The first-order valence-corrected chi connectivity index (χ1v) is 11.0. The van der Waals surface area contributed by atoms with E-state index in [1.54, 1.807) is 29.2 Å². The number of pyridine rings is 1. The molecule has 2 heterocycles. The molecule has 1 aromatic heterocycles. The van der Waals surface area contributed by atoms with Gasteiger partial charge in [-0.05, 0) is 74.9 Å². The van der Waals surface area contributed by atoms with Gasteiger partial charge in [0.1, 0.15) is 6.10 Å². The summed E-state index contributed by atoms with van der Waals surface area (Å²) in [5.74, 6) is -0.0377. The molecule has 6 nitrogen and oxygen atoms in total. The Bertz CT molecular complexity index is 984. The Balaban J connectivity index is 1.39. The maximum atomic E-state index is 13.2. The largest absolute Gasteiger partial charge is 0.446 e. The van der Waals surface area contributed by atoms with Gasteiger partial charge in [-0.15, -0.1) is 0 Å². The molecular weight excluding hydrogens is 402 g/mol. The zero-order chi connectivity index (χ0) is 20.7. The lowest BCUT2D eigenvalue weighted by molar-refractivity contribution is -0.124. The fourth-order valence-electron chi connectivity index (χ4n) is 4.21. The van der Waals surface area contributed by atoms with Crippen molar-refractivity contribution in [2.75, 3.05) is 16.8 Å². The van der Waals surface area contributed by atoms with Crippen LogP contribution < -0.4 is 10.2 Å². The fourth-order valence-corrected chi connectivity index (χ4v) is 4.34. The average molecular weight is 426 g/mol. The van der Waals surface area contributed by atoms with E-state index in [2.05, 4.69) is 5.32 Å². The van der Waals surface area contributed by atoms with E-state index in [4.69, 9.17) is 21.3 Å². The second-order valence-electron chi connectivity index (χ2n) is 8.40. The van der Waals surface area contributed by atoms with Crippen LogP contribution in [0.1, 0.15) is 49.9 Å². The number of halogens is 1. The SMILES string of the molecule is O=C(OC1CC1)N1CCCc2nc(C3(C(=O)Nc4ccc(Cl)cc4)CCC3)ccc21. The van der Waals surface area contributed by atoms with Crippen molar-refractivity contribution >= 4 is 35.0 Å². The zero-order valence-corrected chi connectivity index (χ0v) is 17.5. The molecular formula is C23H24ClN3O3. The minimum atomic E-state index is -0.620. The van der Waals surface area contributed by atoms with Crippen LogP contribution in [0.25, 0.3) is 0 Å². The van der Waals surface area contributed by atoms with Gasteiger partial charge < -0.3 is 10.1 Å². The number of carbonyl (C=O) groups excluding carboxylic acids is 2. The molecule has 0 radical (unpaired) electrons. The third kappa shape index (κ3) is 3.54. The van der Waals surface area contributed by atoms with Crippen LogP contribution >= 0.6 is 11.6 Å². The minimum Gasteiger partial charge on any atom is -0.446 e. The van der Waals surface area contributed by atoms with Crippen LogP contribution in [0.3, 0.4) is 0 Å². The molecule has 0 saturated heterocycles. The first kappa shape index (κ1) is 19.4. The van der Waals surface area contributed by atoms with Crippen LogP contribution in [0.5, 0.6) is 0 Å². The summed E-state index contributed by atoms with van der Waals surface area (Å²) in [4.78, 5) is 32.3. The zero-order valence-electron chi connectivity index (χ0n) is 16.7. The number of hydrogen-bond donors (Lipinski definition) is 1. The lowest BCUT2D eigenvalue weighted by atomic mass is 9.65. The van der Waals surface area contributed by atoms with Crippen LogP contribution in [0.4, 0.5) is 16.2 Å². The van der Waals surface area contributed by atoms with Crippen molar-refractivity contribution in [2.45, 2.75) is 56.5 Å². The molecule has 1 aliphatic heterocycles. The normalized spacial score (nSPS) is 19.4. The molecule has 30 heavy (non-hydrogen) atoms. The van der Waals surface area contributed by atoms with Gasteiger partial charge in [-0.3, -0.25) is 14.7 Å². The maximum absolute atomic E-state index is 13.2. The highest BCUT2D eigenvalue weighted by atomic mass is 35.5. The number of carbonyl (C=O) groups is 2. The van der Waals surface area contributed by atoms with Crippen LogP contribution in [0.2, 0.25) is 5.02 Å². The molecule has 1 N–H and O–H groups in total. The number of anilines is 2. The molecule has 0 atom stereocenters. The number of nitrogens with zero attached hydrogens (tertiary/aromatic N) is 2. The number of amides is 2. The summed E-state index contributed by atoms with van der Waals surface area (Å²) in [5.41, 5.74) is 2.57. The van der Waals surface area contributed by atoms with Crippen LogP contribution in [0.15, 0.2) is 36.4 Å². The van der Waals surface area contributed by atoms with Crippen molar-refractivity contribution in [3.8, 4) is 0 Å². The van der Waals surface area contributed by atoms with E-state index >= 15 is 0 Å². The monoisotopic (exact) mass is 425 g/mol. The molecule has 2 amide bonds. The minimum absolute atomic E-state index is 0.0377. The lowest BCUT2D eigenvalue weighted by Crippen LogP contribution is -2.47. The molecule has 2 fully saturated rings. The number of aromatic nitrogens is 1. The number of rotatable bonds is 4. The highest BCUT2D eigenvalue weighted by Crippen LogP contribution is 2.45. The predicted octanol–water partition coefficient (Wildman–Crippen LogP) is 4.85. The summed E-state index contributed by atoms with van der Waals surface area (Å²) >= 11 is 5.95. The number of ether oxygens (including phenoxy) is 1. The highest BCUT2D eigenvalue weighted by molar-refractivity contribution is 6.30. The van der Waals surface area contributed by atoms with E-state index in [-0.39, 0.29) is 18.1 Å². The Morgan fingerprint density at radius 1 is 1.10 bits per heavy atom. The topological polar surface area (TPSA) is 71.5 Å². The van der Waals surface area contributed by atoms with Gasteiger partial charge >= 0.3 is 6.09 Å². The molecule has 0 unspecified atom stereocenters. The van der Waals surface area contributed by atoms with Crippen LogP contribution in [0, 0.1) is 0 Å². The molecule has 0 spiro atoms. The van der Waals surface area contributed by atoms with E-state index in [0.29, 0.717) is 11.6 Å². The molecule has 7 heteroatoms. The summed E-state index contributed by atoms with van der Waals surface area (Å²) in [6, 6.07) is 11.0. The van der Waals surface area contributed by atoms with Crippen LogP contribution in [-0.4, -0.2) is 29.6 Å². The Morgan fingerprint density at radius 3 is 2.53 bits per heavy atom. The van der Waals surface area contributed by atoms with Crippen molar-refractivity contribution < 1.29 is 14.3 Å². The van der Waals surface area contributed by atoms with E-state index in [1.807, 2.05) is 12.1 Å². The van der Waals surface area contributed by atoms with Gasteiger partial charge in [0.05, 0.1) is 22.5 Å². The highest BCUT2D eigenvalue weighted by Gasteiger charge is 2.47. The quantitative estimate of drug-likeness (QED) is 0.760. The Labute approximate surface area is 180 Å². The molecule has 0 bridgehead atoms. The summed E-state index contributed by atoms with van der Waals surface area (Å²) in [6.07, 6.45) is 5.86. The van der Waals surface area contributed by atoms with Gasteiger partial charge in [0.15, 0.2) is 0 Å². The van der Waals surface area contributed by atoms with Gasteiger partial charge in [-0.1, -0.05) is 18.0 Å². The Hall–Kier alpha value is -2.60. The summed E-state index contributed by atoms with van der Waals surface area (Å²) in [5, 5.41) is 3.66. The van der Waals surface area contributed by atoms with Crippen molar-refractivity contribution in [2.24, 2.45) is 0 Å². The Kier molecular flexibility index (Phi) is 4.89. The average Bonchev–Trinajstić information content (AvgIpc) is 3.52. The van der Waals surface area contributed by atoms with Crippen LogP contribution in [-0.2, 0) is 21.4 Å². The fraction of sp³-hybridized carbons (Fsp3) is 0.435. The van der Waals surface area contributed by atoms with Crippen molar-refractivity contribution in [3.63, 3.8) is 0 Å². The molecule has 2 aromatic rings. The third-order valence-electron chi connectivity index (χ3n) is 6.28. The van der Waals surface area contributed by atoms with Crippen molar-refractivity contribution in [3.05, 3.63) is 52.8 Å². The van der Waals surface area contributed by atoms with Gasteiger partial charge in [-0.2, -0.15) is 0 Å². The molecule has 2 saturated carbocycles. The number of fused-ring (bicyclic) bond motifs is 1. The standard InChI is InChI=1S/C23H24ClN3O3/c24-15-4-6-16(7-5-15)25-21(28)23(12-2-13-23)20-11-10-19-18(26-20)3-1-14-27(19)22(29)30-17-8-9-17/h4-7,10-11,17H,1-3,8-9,12-14H2,(H,25,28). The van der Waals surface area contributed by atoms with E-state index < -0.39 is 5.41 Å². The summed E-state index contributed by atoms with van der Waals surface area (Å²) < 4.78 is 5.49. The van der Waals surface area contributed by atoms with E-state index in [1.165, 1.54) is 0 Å². The predicted molar refractivity (Wildman–Crippen MR) is 115 cm³/mol. The van der Waals surface area contributed by atoms with Gasteiger partial charge in [-0.25, -0.2) is 4.79 Å². The number of aryl methyl sites for hydroxylation is 1. The molecule has 3 aliphatic rings. The van der Waals surface area contributed by atoms with Gasteiger partial charge in [0.25, 0.3) is 0 Å². The molecule has 5 rings (SSSR count). The summed E-state index contributed by atoms with van der Waals surface area (Å²) in [6.45, 7) is 0.641. The van der Waals surface area contributed by atoms with E-state index in [9.17, 15) is 9.59 Å². The molecule has 1 aromatic carbocycles. The maximum Gasteiger partial charge on any atom is 0.414 e. The van der Waals surface area contributed by atoms with Crippen molar-refractivity contribution in [1.82, 2.24) is 4.98 Å². The number of hydrogen-bond acceptors (Lipinski definition) is 4. The second-order valence-corrected chi connectivity index (χ2v) is 8.83. The molecule has 2 aliphatic carbocycles. The van der Waals surface area contributed by atoms with Gasteiger partial charge in [0.2, 0.25) is 5.91 Å². The van der Waals surface area contributed by atoms with Gasteiger partial charge in [0, 0.05) is 17.3 Å². The summed E-state index contributed by atoms with van der Waals surface area (Å²) in [7, 11) is 0. The smallest absolute Gasteiger partial charge is 0.414 e. The number of benzene rings is 1. The van der Waals surface area contributed by atoms with Crippen molar-refractivity contribution in [1.29, 1.82) is 0 Å². The third-order valence-corrected chi connectivity index (χ3v) is 6.53. The lowest BCUT2D eigenvalue weighted by Gasteiger charge is -2.40. The second kappa shape index (κ2) is 7.58. The molecule has 156 valence electrons. The Morgan fingerprint density at radius 2 is 1.87 bits per heavy atom.